The van der Waals surface area contributed by atoms with Gasteiger partial charge in [-0.05, 0) is 34.6 Å². The third-order valence-corrected chi connectivity index (χ3v) is 4.66. The summed E-state index contributed by atoms with van der Waals surface area (Å²) in [7, 11) is 0. The Bertz CT molecular complexity index is 702. The van der Waals surface area contributed by atoms with Crippen LogP contribution in [0.4, 0.5) is 0 Å². The fraction of sp³-hybridized carbons (Fsp3) is 0.500. The summed E-state index contributed by atoms with van der Waals surface area (Å²) in [5, 5.41) is 9.73. The minimum atomic E-state index is -0.112. The summed E-state index contributed by atoms with van der Waals surface area (Å²) in [6.07, 6.45) is 0.274. The second-order valence-corrected chi connectivity index (χ2v) is 6.03. The largest absolute Gasteiger partial charge is 0.272 e. The van der Waals surface area contributed by atoms with Gasteiger partial charge in [0.1, 0.15) is 0 Å². The molecule has 114 valence electrons. The van der Waals surface area contributed by atoms with Gasteiger partial charge in [0.25, 0.3) is 0 Å². The van der Waals surface area contributed by atoms with E-state index < -0.39 is 0 Å². The van der Waals surface area contributed by atoms with Crippen molar-refractivity contribution >= 4 is 29.1 Å². The van der Waals surface area contributed by atoms with E-state index in [-0.39, 0.29) is 18.4 Å². The van der Waals surface area contributed by atoms with Gasteiger partial charge >= 0.3 is 0 Å². The van der Waals surface area contributed by atoms with Gasteiger partial charge in [-0.1, -0.05) is 23.2 Å². The SMILES string of the molecule is Cc1nn(C(=O)CC(C)n2nc(C)c(Cl)c2C)c(C)c1Cl. The smallest absolute Gasteiger partial charge is 0.249 e. The monoisotopic (exact) mass is 328 g/mol. The molecule has 0 spiro atoms. The first-order valence-electron chi connectivity index (χ1n) is 6.70. The third kappa shape index (κ3) is 2.85. The predicted molar refractivity (Wildman–Crippen MR) is 83.4 cm³/mol. The van der Waals surface area contributed by atoms with Gasteiger partial charge in [0.15, 0.2) is 0 Å². The zero-order chi connectivity index (χ0) is 15.9. The molecule has 0 N–H and O–H groups in total. The molecule has 2 heterocycles. The van der Waals surface area contributed by atoms with Gasteiger partial charge in [0.05, 0.1) is 45.3 Å². The zero-order valence-electron chi connectivity index (χ0n) is 12.7. The molecule has 2 rings (SSSR count). The third-order valence-electron chi connectivity index (χ3n) is 3.56. The van der Waals surface area contributed by atoms with E-state index in [9.17, 15) is 4.79 Å². The van der Waals surface area contributed by atoms with Crippen molar-refractivity contribution in [2.75, 3.05) is 0 Å². The van der Waals surface area contributed by atoms with E-state index >= 15 is 0 Å². The number of aryl methyl sites for hydroxylation is 2. The molecule has 0 saturated heterocycles. The Hall–Kier alpha value is -1.33. The van der Waals surface area contributed by atoms with Crippen LogP contribution in [-0.2, 0) is 0 Å². The molecule has 0 aromatic carbocycles. The summed E-state index contributed by atoms with van der Waals surface area (Å²) in [6, 6.07) is -0.105. The van der Waals surface area contributed by atoms with Gasteiger partial charge in [-0.3, -0.25) is 9.48 Å². The van der Waals surface area contributed by atoms with Gasteiger partial charge in [0, 0.05) is 0 Å². The lowest BCUT2D eigenvalue weighted by atomic mass is 10.2. The van der Waals surface area contributed by atoms with Crippen LogP contribution in [0, 0.1) is 27.7 Å². The van der Waals surface area contributed by atoms with Crippen LogP contribution in [0.2, 0.25) is 10.0 Å². The lowest BCUT2D eigenvalue weighted by Gasteiger charge is -2.14. The summed E-state index contributed by atoms with van der Waals surface area (Å²) in [5.74, 6) is -0.112. The normalized spacial score (nSPS) is 12.7. The quantitative estimate of drug-likeness (QED) is 0.858. The summed E-state index contributed by atoms with van der Waals surface area (Å²) in [6.45, 7) is 9.24. The lowest BCUT2D eigenvalue weighted by Crippen LogP contribution is -2.20. The van der Waals surface area contributed by atoms with Crippen LogP contribution in [-0.4, -0.2) is 25.5 Å². The van der Waals surface area contributed by atoms with Crippen LogP contribution in [0.5, 0.6) is 0 Å². The van der Waals surface area contributed by atoms with E-state index in [2.05, 4.69) is 10.2 Å². The Kier molecular flexibility index (Phi) is 4.44. The fourth-order valence-electron chi connectivity index (χ4n) is 2.36. The Balaban J connectivity index is 2.22. The summed E-state index contributed by atoms with van der Waals surface area (Å²) in [4.78, 5) is 12.4. The average molecular weight is 329 g/mol. The summed E-state index contributed by atoms with van der Waals surface area (Å²) in [5.41, 5.74) is 2.95. The highest BCUT2D eigenvalue weighted by Crippen LogP contribution is 2.25. The molecule has 7 heteroatoms. The number of hydrogen-bond donors (Lipinski definition) is 0. The maximum atomic E-state index is 12.4. The topological polar surface area (TPSA) is 52.7 Å². The molecule has 0 fully saturated rings. The number of halogens is 2. The molecule has 2 aromatic heterocycles. The molecule has 0 aliphatic carbocycles. The maximum Gasteiger partial charge on any atom is 0.249 e. The minimum absolute atomic E-state index is 0.105. The van der Waals surface area contributed by atoms with Crippen LogP contribution in [0.3, 0.4) is 0 Å². The Morgan fingerprint density at radius 3 is 2.00 bits per heavy atom. The van der Waals surface area contributed by atoms with Crippen LogP contribution < -0.4 is 0 Å². The number of carbonyl (C=O) groups excluding carboxylic acids is 1. The fourth-order valence-corrected chi connectivity index (χ4v) is 2.61. The molecule has 2 aromatic rings. The van der Waals surface area contributed by atoms with E-state index in [1.165, 1.54) is 4.68 Å². The van der Waals surface area contributed by atoms with Crippen molar-refractivity contribution < 1.29 is 4.79 Å². The molecule has 0 amide bonds. The van der Waals surface area contributed by atoms with Crippen molar-refractivity contribution in [1.29, 1.82) is 0 Å². The molecule has 0 bridgehead atoms. The first kappa shape index (κ1) is 16.0. The highest BCUT2D eigenvalue weighted by Gasteiger charge is 2.21. The molecule has 5 nitrogen and oxygen atoms in total. The number of nitrogens with zero attached hydrogens (tertiary/aromatic N) is 4. The van der Waals surface area contributed by atoms with Crippen LogP contribution in [0.25, 0.3) is 0 Å². The number of aromatic nitrogens is 4. The van der Waals surface area contributed by atoms with Gasteiger partial charge in [0.2, 0.25) is 5.91 Å². The highest BCUT2D eigenvalue weighted by molar-refractivity contribution is 6.32. The van der Waals surface area contributed by atoms with E-state index in [4.69, 9.17) is 23.2 Å². The minimum Gasteiger partial charge on any atom is -0.272 e. The lowest BCUT2D eigenvalue weighted by molar-refractivity contribution is 0.0863. The summed E-state index contributed by atoms with van der Waals surface area (Å²) < 4.78 is 3.14. The summed E-state index contributed by atoms with van der Waals surface area (Å²) >= 11 is 12.2. The molecule has 21 heavy (non-hydrogen) atoms. The Morgan fingerprint density at radius 1 is 1.05 bits per heavy atom. The molecule has 0 aliphatic rings. The molecule has 1 atom stereocenters. The van der Waals surface area contributed by atoms with Crippen LogP contribution >= 0.6 is 23.2 Å². The van der Waals surface area contributed by atoms with Crippen molar-refractivity contribution in [3.63, 3.8) is 0 Å². The molecule has 0 saturated carbocycles. The average Bonchev–Trinajstić information content (AvgIpc) is 2.84. The predicted octanol–water partition coefficient (Wildman–Crippen LogP) is 3.91. The first-order chi connectivity index (χ1) is 9.73. The Labute approximate surface area is 133 Å². The van der Waals surface area contributed by atoms with Gasteiger partial charge < -0.3 is 0 Å². The van der Waals surface area contributed by atoms with Gasteiger partial charge in [-0.15, -0.1) is 0 Å². The number of carbonyl (C=O) groups is 1. The molecule has 1 unspecified atom stereocenters. The number of rotatable bonds is 3. The maximum absolute atomic E-state index is 12.4. The standard InChI is InChI=1S/C14H18Cl2N4O/c1-7(19-10(4)13(15)8(2)17-19)6-12(21)20-11(5)14(16)9(3)18-20/h7H,6H2,1-5H3. The molecule has 0 radical (unpaired) electrons. The molecular weight excluding hydrogens is 311 g/mol. The van der Waals surface area contributed by atoms with E-state index in [0.717, 1.165) is 11.4 Å². The van der Waals surface area contributed by atoms with Crippen LogP contribution in [0.1, 0.15) is 47.0 Å². The molecule has 0 aliphatic heterocycles. The van der Waals surface area contributed by atoms with Crippen molar-refractivity contribution in [2.45, 2.75) is 47.1 Å². The number of hydrogen-bond acceptors (Lipinski definition) is 3. The van der Waals surface area contributed by atoms with Crippen molar-refractivity contribution in [1.82, 2.24) is 19.6 Å². The van der Waals surface area contributed by atoms with Crippen molar-refractivity contribution in [3.05, 3.63) is 32.8 Å². The Morgan fingerprint density at radius 2 is 1.57 bits per heavy atom. The van der Waals surface area contributed by atoms with Crippen LogP contribution in [0.15, 0.2) is 0 Å². The van der Waals surface area contributed by atoms with Crippen molar-refractivity contribution in [2.24, 2.45) is 0 Å². The van der Waals surface area contributed by atoms with Crippen molar-refractivity contribution in [3.8, 4) is 0 Å². The van der Waals surface area contributed by atoms with E-state index in [1.54, 1.807) is 18.5 Å². The highest BCUT2D eigenvalue weighted by atomic mass is 35.5. The van der Waals surface area contributed by atoms with Gasteiger partial charge in [-0.25, -0.2) is 4.68 Å². The second-order valence-electron chi connectivity index (χ2n) is 5.27. The zero-order valence-corrected chi connectivity index (χ0v) is 14.2. The second kappa shape index (κ2) is 5.81. The molecular formula is C14H18Cl2N4O. The first-order valence-corrected chi connectivity index (χ1v) is 7.45. The van der Waals surface area contributed by atoms with E-state index in [1.807, 2.05) is 20.8 Å². The van der Waals surface area contributed by atoms with E-state index in [0.29, 0.717) is 21.4 Å². The van der Waals surface area contributed by atoms with Gasteiger partial charge in [-0.2, -0.15) is 10.2 Å².